The standard InChI is InChI=1S/C27H27N5O2/c1-29-22-10-4-3-9-21(22)27(34)31-16-12-20-19-8-2-5-11-23(19)32(25(20)26(29)31)18-24(33)28-13-17-30-14-6-7-15-30/h2-11,14-15,26H,12-13,16-18H2,1H3,(H,28,33). The molecule has 0 fully saturated rings. The maximum Gasteiger partial charge on any atom is 0.257 e. The van der Waals surface area contributed by atoms with Gasteiger partial charge >= 0.3 is 0 Å². The van der Waals surface area contributed by atoms with Crippen LogP contribution in [0.25, 0.3) is 10.9 Å². The maximum absolute atomic E-state index is 13.4. The van der Waals surface area contributed by atoms with E-state index in [1.165, 1.54) is 5.56 Å². The fourth-order valence-corrected chi connectivity index (χ4v) is 5.52. The Hall–Kier alpha value is -4.00. The van der Waals surface area contributed by atoms with E-state index in [1.807, 2.05) is 77.4 Å². The first-order chi connectivity index (χ1) is 16.6. The highest BCUT2D eigenvalue weighted by atomic mass is 16.2. The molecule has 6 rings (SSSR count). The number of benzene rings is 2. The van der Waals surface area contributed by atoms with Gasteiger partial charge in [-0.2, -0.15) is 0 Å². The van der Waals surface area contributed by atoms with Crippen molar-refractivity contribution in [1.29, 1.82) is 0 Å². The van der Waals surface area contributed by atoms with Gasteiger partial charge in [0.25, 0.3) is 5.91 Å². The first kappa shape index (κ1) is 20.6. The van der Waals surface area contributed by atoms with Gasteiger partial charge < -0.3 is 24.3 Å². The van der Waals surface area contributed by atoms with E-state index in [4.69, 9.17) is 0 Å². The van der Waals surface area contributed by atoms with Crippen LogP contribution in [-0.4, -0.2) is 46.0 Å². The SMILES string of the molecule is CN1c2ccccc2C(=O)N2CCc3c(n(CC(=O)NCCn4cccc4)c4ccccc34)C21. The Morgan fingerprint density at radius 2 is 1.79 bits per heavy atom. The van der Waals surface area contributed by atoms with Crippen molar-refractivity contribution in [2.45, 2.75) is 25.7 Å². The molecule has 0 radical (unpaired) electrons. The van der Waals surface area contributed by atoms with Crippen molar-refractivity contribution < 1.29 is 9.59 Å². The molecule has 2 amide bonds. The summed E-state index contributed by atoms with van der Waals surface area (Å²) in [6, 6.07) is 20.0. The first-order valence-electron chi connectivity index (χ1n) is 11.7. The average molecular weight is 454 g/mol. The first-order valence-corrected chi connectivity index (χ1v) is 11.7. The lowest BCUT2D eigenvalue weighted by Crippen LogP contribution is -2.51. The Labute approximate surface area is 198 Å². The van der Waals surface area contributed by atoms with Crippen LogP contribution in [-0.2, 0) is 24.3 Å². The molecular weight excluding hydrogens is 426 g/mol. The number of rotatable bonds is 5. The molecule has 34 heavy (non-hydrogen) atoms. The lowest BCUT2D eigenvalue weighted by Gasteiger charge is -2.46. The van der Waals surface area contributed by atoms with Crippen molar-refractivity contribution >= 4 is 28.4 Å². The van der Waals surface area contributed by atoms with Crippen LogP contribution >= 0.6 is 0 Å². The molecule has 0 bridgehead atoms. The lowest BCUT2D eigenvalue weighted by molar-refractivity contribution is -0.121. The molecule has 2 aliphatic rings. The van der Waals surface area contributed by atoms with Crippen LogP contribution < -0.4 is 10.2 Å². The summed E-state index contributed by atoms with van der Waals surface area (Å²) in [5.41, 5.74) is 4.97. The Bertz CT molecular complexity index is 1390. The second-order valence-electron chi connectivity index (χ2n) is 8.99. The summed E-state index contributed by atoms with van der Waals surface area (Å²) in [5, 5.41) is 4.23. The predicted molar refractivity (Wildman–Crippen MR) is 132 cm³/mol. The fourth-order valence-electron chi connectivity index (χ4n) is 5.52. The topological polar surface area (TPSA) is 62.5 Å². The molecule has 1 N–H and O–H groups in total. The molecule has 7 nitrogen and oxygen atoms in total. The summed E-state index contributed by atoms with van der Waals surface area (Å²) in [6.07, 6.45) is 4.51. The average Bonchev–Trinajstić information content (AvgIpc) is 3.49. The van der Waals surface area contributed by atoms with Crippen molar-refractivity contribution in [2.24, 2.45) is 0 Å². The molecule has 0 aliphatic carbocycles. The molecule has 1 unspecified atom stereocenters. The zero-order chi connectivity index (χ0) is 23.2. The zero-order valence-corrected chi connectivity index (χ0v) is 19.1. The Balaban J connectivity index is 1.38. The second kappa shape index (κ2) is 8.09. The van der Waals surface area contributed by atoms with E-state index in [9.17, 15) is 9.59 Å². The third-order valence-electron chi connectivity index (χ3n) is 7.06. The predicted octanol–water partition coefficient (Wildman–Crippen LogP) is 3.41. The fraction of sp³-hybridized carbons (Fsp3) is 0.259. The van der Waals surface area contributed by atoms with Crippen LogP contribution in [0.1, 0.15) is 27.8 Å². The number of amides is 2. The van der Waals surface area contributed by atoms with Gasteiger partial charge in [-0.25, -0.2) is 0 Å². The second-order valence-corrected chi connectivity index (χ2v) is 8.99. The normalized spacial score (nSPS) is 16.9. The summed E-state index contributed by atoms with van der Waals surface area (Å²) in [4.78, 5) is 30.6. The van der Waals surface area contributed by atoms with Gasteiger partial charge in [-0.3, -0.25) is 9.59 Å². The number of hydrogen-bond donors (Lipinski definition) is 1. The Morgan fingerprint density at radius 3 is 2.65 bits per heavy atom. The minimum atomic E-state index is -0.244. The third kappa shape index (κ3) is 3.19. The van der Waals surface area contributed by atoms with Gasteiger partial charge in [-0.1, -0.05) is 30.3 Å². The van der Waals surface area contributed by atoms with Crippen LogP contribution in [0.2, 0.25) is 0 Å². The van der Waals surface area contributed by atoms with Gasteiger partial charge in [0, 0.05) is 50.0 Å². The molecule has 0 saturated heterocycles. The molecule has 172 valence electrons. The number of para-hydroxylation sites is 2. The van der Waals surface area contributed by atoms with Gasteiger partial charge in [0.15, 0.2) is 0 Å². The summed E-state index contributed by atoms with van der Waals surface area (Å²) in [6.45, 7) is 2.17. The minimum absolute atomic E-state index is 0.0296. The van der Waals surface area contributed by atoms with E-state index in [1.54, 1.807) is 0 Å². The highest BCUT2D eigenvalue weighted by molar-refractivity contribution is 6.02. The number of carbonyl (C=O) groups excluding carboxylic acids is 2. The molecule has 4 heterocycles. The van der Waals surface area contributed by atoms with Crippen LogP contribution in [0, 0.1) is 0 Å². The quantitative estimate of drug-likeness (QED) is 0.504. The molecule has 2 aromatic carbocycles. The smallest absolute Gasteiger partial charge is 0.257 e. The van der Waals surface area contributed by atoms with Crippen LogP contribution in [0.5, 0.6) is 0 Å². The van der Waals surface area contributed by atoms with Crippen molar-refractivity contribution in [3.8, 4) is 0 Å². The third-order valence-corrected chi connectivity index (χ3v) is 7.06. The summed E-state index contributed by atoms with van der Waals surface area (Å²) in [5.74, 6) is 0.0235. The zero-order valence-electron chi connectivity index (χ0n) is 19.1. The molecule has 4 aromatic rings. The summed E-state index contributed by atoms with van der Waals surface area (Å²) >= 11 is 0. The van der Waals surface area contributed by atoms with E-state index in [2.05, 4.69) is 26.9 Å². The van der Waals surface area contributed by atoms with Crippen molar-refractivity contribution in [3.05, 3.63) is 89.9 Å². The number of nitrogens with one attached hydrogen (secondary N) is 1. The number of anilines is 1. The molecule has 7 heteroatoms. The number of hydrogen-bond acceptors (Lipinski definition) is 3. The van der Waals surface area contributed by atoms with E-state index in [0.29, 0.717) is 13.1 Å². The largest absolute Gasteiger partial charge is 0.353 e. The Morgan fingerprint density at radius 1 is 1.03 bits per heavy atom. The van der Waals surface area contributed by atoms with E-state index in [-0.39, 0.29) is 24.5 Å². The van der Waals surface area contributed by atoms with Crippen LogP contribution in [0.3, 0.4) is 0 Å². The molecule has 0 spiro atoms. The van der Waals surface area contributed by atoms with E-state index < -0.39 is 0 Å². The molecule has 2 aliphatic heterocycles. The van der Waals surface area contributed by atoms with Crippen molar-refractivity contribution in [2.75, 3.05) is 25.0 Å². The number of fused-ring (bicyclic) bond motifs is 6. The lowest BCUT2D eigenvalue weighted by atomic mass is 9.96. The monoisotopic (exact) mass is 453 g/mol. The molecule has 2 aromatic heterocycles. The highest BCUT2D eigenvalue weighted by Gasteiger charge is 2.42. The summed E-state index contributed by atoms with van der Waals surface area (Å²) in [7, 11) is 2.04. The van der Waals surface area contributed by atoms with Crippen LogP contribution in [0.15, 0.2) is 73.1 Å². The van der Waals surface area contributed by atoms with Gasteiger partial charge in [-0.05, 0) is 42.3 Å². The van der Waals surface area contributed by atoms with E-state index in [0.717, 1.165) is 40.8 Å². The number of nitrogens with zero attached hydrogens (tertiary/aromatic N) is 4. The van der Waals surface area contributed by atoms with Crippen molar-refractivity contribution in [1.82, 2.24) is 19.4 Å². The maximum atomic E-state index is 13.4. The minimum Gasteiger partial charge on any atom is -0.353 e. The van der Waals surface area contributed by atoms with Gasteiger partial charge in [0.2, 0.25) is 5.91 Å². The highest BCUT2D eigenvalue weighted by Crippen LogP contribution is 2.44. The number of aromatic nitrogens is 2. The van der Waals surface area contributed by atoms with E-state index >= 15 is 0 Å². The van der Waals surface area contributed by atoms with Gasteiger partial charge in [0.05, 0.1) is 16.9 Å². The summed E-state index contributed by atoms with van der Waals surface area (Å²) < 4.78 is 4.16. The molecule has 0 saturated carbocycles. The van der Waals surface area contributed by atoms with Crippen LogP contribution in [0.4, 0.5) is 5.69 Å². The van der Waals surface area contributed by atoms with Gasteiger partial charge in [0.1, 0.15) is 12.7 Å². The van der Waals surface area contributed by atoms with Crippen molar-refractivity contribution in [3.63, 3.8) is 0 Å². The molecule has 1 atom stereocenters. The number of carbonyl (C=O) groups is 2. The van der Waals surface area contributed by atoms with Gasteiger partial charge in [-0.15, -0.1) is 0 Å². The Kier molecular flexibility index (Phi) is 4.90. The molecular formula is C27H27N5O2.